The second-order valence-electron chi connectivity index (χ2n) is 6.27. The van der Waals surface area contributed by atoms with Crippen LogP contribution in [-0.4, -0.2) is 32.2 Å². The molecule has 0 unspecified atom stereocenters. The summed E-state index contributed by atoms with van der Waals surface area (Å²) in [5.41, 5.74) is 1.26. The molecular weight excluding hydrogens is 388 g/mol. The van der Waals surface area contributed by atoms with Gasteiger partial charge >= 0.3 is 0 Å². The van der Waals surface area contributed by atoms with Crippen LogP contribution in [0.2, 0.25) is 0 Å². The summed E-state index contributed by atoms with van der Waals surface area (Å²) < 4.78 is 7.26. The van der Waals surface area contributed by atoms with Crippen LogP contribution in [0.25, 0.3) is 11.6 Å². The van der Waals surface area contributed by atoms with Crippen LogP contribution in [0, 0.1) is 0 Å². The Morgan fingerprint density at radius 2 is 2.03 bits per heavy atom. The van der Waals surface area contributed by atoms with Crippen LogP contribution in [0.3, 0.4) is 0 Å². The van der Waals surface area contributed by atoms with Crippen molar-refractivity contribution in [3.63, 3.8) is 0 Å². The summed E-state index contributed by atoms with van der Waals surface area (Å²) in [5.74, 6) is 1.36. The molecule has 2 heterocycles. The zero-order valence-electron chi connectivity index (χ0n) is 16.1. The van der Waals surface area contributed by atoms with Gasteiger partial charge in [0, 0.05) is 24.2 Å². The number of hydrogen-bond acceptors (Lipinski definition) is 6. The molecule has 8 heteroatoms. The third-order valence-electron chi connectivity index (χ3n) is 4.07. The maximum absolute atomic E-state index is 12.6. The van der Waals surface area contributed by atoms with Crippen LogP contribution in [0.4, 0.5) is 5.69 Å². The number of hydrogen-bond donors (Lipinski definition) is 1. The number of anilines is 1. The smallest absolute Gasteiger partial charge is 0.224 e. The normalized spacial score (nSPS) is 10.7. The number of aromatic nitrogens is 3. The maximum atomic E-state index is 12.6. The fourth-order valence-electron chi connectivity index (χ4n) is 2.68. The van der Waals surface area contributed by atoms with E-state index in [9.17, 15) is 9.59 Å². The number of Topliss-reactive ketones (excluding diaryl/α,β-unsaturated/α-hetero) is 1. The van der Waals surface area contributed by atoms with Gasteiger partial charge in [0.2, 0.25) is 11.7 Å². The van der Waals surface area contributed by atoms with Crippen LogP contribution in [0.5, 0.6) is 0 Å². The molecule has 3 aromatic rings. The van der Waals surface area contributed by atoms with Crippen LogP contribution >= 0.6 is 11.8 Å². The van der Waals surface area contributed by atoms with Gasteiger partial charge in [-0.15, -0.1) is 16.8 Å². The molecule has 0 saturated carbocycles. The van der Waals surface area contributed by atoms with Crippen LogP contribution in [0.1, 0.15) is 30.1 Å². The van der Waals surface area contributed by atoms with Crippen LogP contribution < -0.4 is 5.32 Å². The fourth-order valence-corrected chi connectivity index (χ4v) is 3.52. The molecule has 7 nitrogen and oxygen atoms in total. The highest BCUT2D eigenvalue weighted by atomic mass is 32.2. The molecule has 1 aromatic carbocycles. The van der Waals surface area contributed by atoms with Crippen molar-refractivity contribution in [2.75, 3.05) is 11.1 Å². The number of carbonyl (C=O) groups is 2. The van der Waals surface area contributed by atoms with Crippen molar-refractivity contribution >= 4 is 29.1 Å². The Balaban J connectivity index is 1.65. The van der Waals surface area contributed by atoms with Crippen molar-refractivity contribution in [3.05, 3.63) is 60.9 Å². The number of carbonyl (C=O) groups excluding carboxylic acids is 2. The van der Waals surface area contributed by atoms with E-state index in [1.807, 2.05) is 17.6 Å². The fraction of sp³-hybridized carbons (Fsp3) is 0.238. The number of furan rings is 1. The molecule has 0 aliphatic heterocycles. The van der Waals surface area contributed by atoms with Crippen molar-refractivity contribution in [2.24, 2.45) is 0 Å². The molecule has 3 rings (SSSR count). The molecule has 0 aliphatic carbocycles. The minimum atomic E-state index is -0.0332. The first-order valence-corrected chi connectivity index (χ1v) is 10.2. The third-order valence-corrected chi connectivity index (χ3v) is 5.04. The standard InChI is InChI=1S/C21H22N4O3S/c1-3-6-19(27)22-16-10-8-15(9-11-16)17(26)14-29-21-24-23-20(25(21)12-4-2)18-7-5-13-28-18/h4-5,7-11,13H,2-3,6,12,14H2,1H3,(H,22,27). The van der Waals surface area contributed by atoms with Gasteiger partial charge in [0.15, 0.2) is 16.7 Å². The molecule has 0 aliphatic rings. The molecular formula is C21H22N4O3S. The van der Waals surface area contributed by atoms with Crippen molar-refractivity contribution in [3.8, 4) is 11.6 Å². The lowest BCUT2D eigenvalue weighted by molar-refractivity contribution is -0.116. The molecule has 0 spiro atoms. The second-order valence-corrected chi connectivity index (χ2v) is 7.21. The number of nitrogens with one attached hydrogen (secondary N) is 1. The number of amides is 1. The lowest BCUT2D eigenvalue weighted by Crippen LogP contribution is -2.11. The predicted octanol–water partition coefficient (Wildman–Crippen LogP) is 4.44. The number of rotatable bonds is 10. The van der Waals surface area contributed by atoms with E-state index in [1.54, 1.807) is 42.7 Å². The van der Waals surface area contributed by atoms with Gasteiger partial charge < -0.3 is 9.73 Å². The largest absolute Gasteiger partial charge is 0.461 e. The highest BCUT2D eigenvalue weighted by molar-refractivity contribution is 7.99. The summed E-state index contributed by atoms with van der Waals surface area (Å²) in [4.78, 5) is 24.2. The summed E-state index contributed by atoms with van der Waals surface area (Å²) in [6, 6.07) is 10.5. The highest BCUT2D eigenvalue weighted by Gasteiger charge is 2.17. The zero-order valence-corrected chi connectivity index (χ0v) is 16.9. The minimum absolute atomic E-state index is 0.0314. The molecule has 0 bridgehead atoms. The molecule has 1 N–H and O–H groups in total. The van der Waals surface area contributed by atoms with Crippen molar-refractivity contribution in [1.82, 2.24) is 14.8 Å². The first-order chi connectivity index (χ1) is 14.1. The van der Waals surface area contributed by atoms with E-state index in [0.717, 1.165) is 6.42 Å². The second kappa shape index (κ2) is 9.88. The van der Waals surface area contributed by atoms with E-state index in [1.165, 1.54) is 11.8 Å². The van der Waals surface area contributed by atoms with E-state index in [-0.39, 0.29) is 17.4 Å². The van der Waals surface area contributed by atoms with E-state index in [2.05, 4.69) is 22.1 Å². The minimum Gasteiger partial charge on any atom is -0.461 e. The Morgan fingerprint density at radius 1 is 1.24 bits per heavy atom. The molecule has 0 fully saturated rings. The van der Waals surface area contributed by atoms with E-state index >= 15 is 0 Å². The van der Waals surface area contributed by atoms with Gasteiger partial charge in [0.25, 0.3) is 0 Å². The predicted molar refractivity (Wildman–Crippen MR) is 113 cm³/mol. The molecule has 0 radical (unpaired) electrons. The van der Waals surface area contributed by atoms with E-state index < -0.39 is 0 Å². The number of thioether (sulfide) groups is 1. The molecule has 2 aromatic heterocycles. The summed E-state index contributed by atoms with van der Waals surface area (Å²) in [5, 5.41) is 11.8. The summed E-state index contributed by atoms with van der Waals surface area (Å²) in [6.07, 6.45) is 4.58. The van der Waals surface area contributed by atoms with Crippen molar-refractivity contribution in [1.29, 1.82) is 0 Å². The van der Waals surface area contributed by atoms with Crippen LogP contribution in [0.15, 0.2) is 64.9 Å². The maximum Gasteiger partial charge on any atom is 0.224 e. The molecule has 150 valence electrons. The van der Waals surface area contributed by atoms with Gasteiger partial charge in [0.05, 0.1) is 12.0 Å². The average Bonchev–Trinajstić information content (AvgIpc) is 3.37. The first kappa shape index (κ1) is 20.6. The monoisotopic (exact) mass is 410 g/mol. The Kier molecular flexibility index (Phi) is 7.02. The van der Waals surface area contributed by atoms with Crippen molar-refractivity contribution < 1.29 is 14.0 Å². The van der Waals surface area contributed by atoms with Gasteiger partial charge in [-0.25, -0.2) is 0 Å². The van der Waals surface area contributed by atoms with E-state index in [0.29, 0.717) is 41.0 Å². The molecule has 0 saturated heterocycles. The summed E-state index contributed by atoms with van der Waals surface area (Å²) in [7, 11) is 0. The number of allylic oxidation sites excluding steroid dienone is 1. The van der Waals surface area contributed by atoms with Gasteiger partial charge in [-0.2, -0.15) is 0 Å². The first-order valence-electron chi connectivity index (χ1n) is 9.26. The van der Waals surface area contributed by atoms with E-state index in [4.69, 9.17) is 4.42 Å². The number of ketones is 1. The summed E-state index contributed by atoms with van der Waals surface area (Å²) in [6.45, 7) is 6.23. The molecule has 1 amide bonds. The number of nitrogens with zero attached hydrogens (tertiary/aromatic N) is 3. The van der Waals surface area contributed by atoms with Crippen LogP contribution in [-0.2, 0) is 11.3 Å². The quantitative estimate of drug-likeness (QED) is 0.302. The summed E-state index contributed by atoms with van der Waals surface area (Å²) >= 11 is 1.31. The van der Waals surface area contributed by atoms with Gasteiger partial charge in [0.1, 0.15) is 0 Å². The Labute approximate surface area is 173 Å². The molecule has 0 atom stereocenters. The average molecular weight is 410 g/mol. The molecule has 29 heavy (non-hydrogen) atoms. The number of benzene rings is 1. The van der Waals surface area contributed by atoms with Gasteiger partial charge in [-0.05, 0) is 42.8 Å². The van der Waals surface area contributed by atoms with Crippen molar-refractivity contribution in [2.45, 2.75) is 31.5 Å². The zero-order chi connectivity index (χ0) is 20.6. The van der Waals surface area contributed by atoms with Gasteiger partial charge in [-0.3, -0.25) is 14.2 Å². The Hall–Kier alpha value is -3.13. The Morgan fingerprint density at radius 3 is 2.69 bits per heavy atom. The highest BCUT2D eigenvalue weighted by Crippen LogP contribution is 2.25. The third kappa shape index (κ3) is 5.23. The lowest BCUT2D eigenvalue weighted by Gasteiger charge is -2.07. The lowest BCUT2D eigenvalue weighted by atomic mass is 10.1. The topological polar surface area (TPSA) is 90.0 Å². The SMILES string of the molecule is C=CCn1c(SCC(=O)c2ccc(NC(=O)CCC)cc2)nnc1-c1ccco1. The Bertz CT molecular complexity index is 978. The van der Waals surface area contributed by atoms with Gasteiger partial charge in [-0.1, -0.05) is 24.8 Å².